The second kappa shape index (κ2) is 9.01. The largest absolute Gasteiger partial charge is 0.497 e. The van der Waals surface area contributed by atoms with Crippen LogP contribution in [0.2, 0.25) is 0 Å². The van der Waals surface area contributed by atoms with E-state index in [0.29, 0.717) is 0 Å². The van der Waals surface area contributed by atoms with Crippen LogP contribution < -0.4 is 9.47 Å². The van der Waals surface area contributed by atoms with E-state index in [9.17, 15) is 4.79 Å². The lowest BCUT2D eigenvalue weighted by molar-refractivity contribution is -0.131. The molecule has 0 radical (unpaired) electrons. The summed E-state index contributed by atoms with van der Waals surface area (Å²) in [5.74, 6) is 0.587. The zero-order chi connectivity index (χ0) is 19.9. The molecule has 0 unspecified atom stereocenters. The molecule has 1 N–H and O–H groups in total. The zero-order valence-corrected chi connectivity index (χ0v) is 16.3. The summed E-state index contributed by atoms with van der Waals surface area (Å²) >= 11 is 1.54. The molecule has 3 rings (SSSR count). The molecule has 0 aliphatic carbocycles. The summed E-state index contributed by atoms with van der Waals surface area (Å²) in [5, 5.41) is 9.47. The Hall–Kier alpha value is -3.38. The monoisotopic (exact) mass is 393 g/mol. The molecule has 0 atom stereocenters. The lowest BCUT2D eigenvalue weighted by atomic mass is 10.1. The van der Waals surface area contributed by atoms with E-state index in [1.807, 2.05) is 48.5 Å². The molecule has 1 aromatic heterocycles. The van der Waals surface area contributed by atoms with Crippen molar-refractivity contribution in [3.63, 3.8) is 0 Å². The topological polar surface area (TPSA) is 68.7 Å². The number of benzene rings is 2. The predicted molar refractivity (Wildman–Crippen MR) is 112 cm³/mol. The first-order valence-corrected chi connectivity index (χ1v) is 9.29. The summed E-state index contributed by atoms with van der Waals surface area (Å²) in [5.41, 5.74) is 2.87. The molecule has 0 bridgehead atoms. The first-order chi connectivity index (χ1) is 13.6. The lowest BCUT2D eigenvalue weighted by Crippen LogP contribution is -1.86. The van der Waals surface area contributed by atoms with Crippen LogP contribution in [0.1, 0.15) is 5.01 Å². The SMILES string of the molecule is COc1ccc(-c2nc(C=CC=CC(=O)O)sc2-c2ccc(OC)cc2)cc1. The van der Waals surface area contributed by atoms with E-state index >= 15 is 0 Å². The van der Waals surface area contributed by atoms with Gasteiger partial charge in [-0.25, -0.2) is 9.78 Å². The molecule has 28 heavy (non-hydrogen) atoms. The van der Waals surface area contributed by atoms with Gasteiger partial charge in [-0.2, -0.15) is 0 Å². The fourth-order valence-corrected chi connectivity index (χ4v) is 3.57. The first kappa shape index (κ1) is 19.4. The Kier molecular flexibility index (Phi) is 6.24. The number of allylic oxidation sites excluding steroid dienone is 2. The van der Waals surface area contributed by atoms with E-state index < -0.39 is 5.97 Å². The van der Waals surface area contributed by atoms with Crippen molar-refractivity contribution in [1.82, 2.24) is 4.98 Å². The third-order valence-electron chi connectivity index (χ3n) is 3.95. The number of carboxylic acid groups (broad SMARTS) is 1. The second-order valence-corrected chi connectivity index (χ2v) is 6.77. The van der Waals surface area contributed by atoms with Crippen molar-refractivity contribution < 1.29 is 19.4 Å². The van der Waals surface area contributed by atoms with Gasteiger partial charge < -0.3 is 14.6 Å². The van der Waals surface area contributed by atoms with Crippen LogP contribution in [0.15, 0.2) is 66.8 Å². The molecule has 0 saturated heterocycles. The maximum atomic E-state index is 10.6. The normalized spacial score (nSPS) is 11.2. The summed E-state index contributed by atoms with van der Waals surface area (Å²) in [4.78, 5) is 16.4. The highest BCUT2D eigenvalue weighted by Gasteiger charge is 2.14. The Balaban J connectivity index is 2.02. The molecular formula is C22H19NO4S. The van der Waals surface area contributed by atoms with Crippen molar-refractivity contribution in [2.45, 2.75) is 0 Å². The van der Waals surface area contributed by atoms with Gasteiger partial charge in [0.1, 0.15) is 16.5 Å². The van der Waals surface area contributed by atoms with E-state index in [2.05, 4.69) is 0 Å². The molecule has 2 aromatic carbocycles. The Labute approximate surface area is 167 Å². The van der Waals surface area contributed by atoms with E-state index in [1.54, 1.807) is 26.4 Å². The van der Waals surface area contributed by atoms with Crippen molar-refractivity contribution >= 4 is 23.4 Å². The Morgan fingerprint density at radius 2 is 1.50 bits per heavy atom. The van der Waals surface area contributed by atoms with Crippen LogP contribution in [0.4, 0.5) is 0 Å². The average Bonchev–Trinajstić information content (AvgIpc) is 3.15. The Morgan fingerprint density at radius 1 is 0.929 bits per heavy atom. The minimum absolute atomic E-state index is 0.781. The molecule has 0 aliphatic rings. The number of methoxy groups -OCH3 is 2. The third kappa shape index (κ3) is 4.66. The molecule has 142 valence electrons. The highest BCUT2D eigenvalue weighted by Crippen LogP contribution is 2.38. The highest BCUT2D eigenvalue weighted by atomic mass is 32.1. The van der Waals surface area contributed by atoms with Crippen LogP contribution in [-0.4, -0.2) is 30.3 Å². The smallest absolute Gasteiger partial charge is 0.328 e. The fourth-order valence-electron chi connectivity index (χ4n) is 2.57. The number of carbonyl (C=O) groups is 1. The molecule has 6 heteroatoms. The van der Waals surface area contributed by atoms with Crippen LogP contribution in [0.5, 0.6) is 11.5 Å². The molecule has 0 fully saturated rings. The van der Waals surface area contributed by atoms with Crippen molar-refractivity contribution in [2.24, 2.45) is 0 Å². The fraction of sp³-hybridized carbons (Fsp3) is 0.0909. The standard InChI is InChI=1S/C22H19NO4S/c1-26-17-11-7-15(8-12-17)21-22(16-9-13-18(27-2)14-10-16)28-19(23-21)5-3-4-6-20(24)25/h3-14H,1-2H3,(H,24,25). The summed E-state index contributed by atoms with van der Waals surface area (Å²) < 4.78 is 10.5. The number of hydrogen-bond donors (Lipinski definition) is 1. The van der Waals surface area contributed by atoms with E-state index in [1.165, 1.54) is 17.4 Å². The molecule has 3 aromatic rings. The molecule has 0 amide bonds. The Morgan fingerprint density at radius 3 is 2.04 bits per heavy atom. The highest BCUT2D eigenvalue weighted by molar-refractivity contribution is 7.16. The van der Waals surface area contributed by atoms with Crippen LogP contribution in [0.25, 0.3) is 27.8 Å². The van der Waals surface area contributed by atoms with E-state index in [-0.39, 0.29) is 0 Å². The zero-order valence-electron chi connectivity index (χ0n) is 15.5. The first-order valence-electron chi connectivity index (χ1n) is 8.48. The van der Waals surface area contributed by atoms with Crippen molar-refractivity contribution in [3.8, 4) is 33.2 Å². The van der Waals surface area contributed by atoms with Crippen molar-refractivity contribution in [1.29, 1.82) is 0 Å². The van der Waals surface area contributed by atoms with Crippen molar-refractivity contribution in [3.05, 3.63) is 71.8 Å². The van der Waals surface area contributed by atoms with Gasteiger partial charge in [-0.1, -0.05) is 12.2 Å². The van der Waals surface area contributed by atoms with Gasteiger partial charge in [-0.05, 0) is 60.2 Å². The van der Waals surface area contributed by atoms with Gasteiger partial charge in [-0.3, -0.25) is 0 Å². The number of rotatable bonds is 7. The maximum Gasteiger partial charge on any atom is 0.328 e. The predicted octanol–water partition coefficient (Wildman–Crippen LogP) is 5.15. The quantitative estimate of drug-likeness (QED) is 0.444. The molecule has 0 saturated carbocycles. The minimum Gasteiger partial charge on any atom is -0.497 e. The number of ether oxygens (including phenoxy) is 2. The molecule has 5 nitrogen and oxygen atoms in total. The number of thiazole rings is 1. The van der Waals surface area contributed by atoms with Gasteiger partial charge in [0, 0.05) is 11.6 Å². The van der Waals surface area contributed by atoms with Crippen molar-refractivity contribution in [2.75, 3.05) is 14.2 Å². The number of hydrogen-bond acceptors (Lipinski definition) is 5. The van der Waals surface area contributed by atoms with Crippen LogP contribution in [0.3, 0.4) is 0 Å². The van der Waals surface area contributed by atoms with Gasteiger partial charge in [-0.15, -0.1) is 11.3 Å². The Bertz CT molecular complexity index is 937. The van der Waals surface area contributed by atoms with Gasteiger partial charge in [0.15, 0.2) is 0 Å². The molecule has 0 aliphatic heterocycles. The van der Waals surface area contributed by atoms with Gasteiger partial charge in [0.05, 0.1) is 24.8 Å². The van der Waals surface area contributed by atoms with Gasteiger partial charge >= 0.3 is 5.97 Å². The summed E-state index contributed by atoms with van der Waals surface area (Å²) in [7, 11) is 3.27. The second-order valence-electron chi connectivity index (χ2n) is 5.74. The average molecular weight is 393 g/mol. The molecular weight excluding hydrogens is 374 g/mol. The number of nitrogens with zero attached hydrogens (tertiary/aromatic N) is 1. The minimum atomic E-state index is -0.985. The molecule has 0 spiro atoms. The van der Waals surface area contributed by atoms with Crippen LogP contribution >= 0.6 is 11.3 Å². The third-order valence-corrected chi connectivity index (χ3v) is 5.02. The maximum absolute atomic E-state index is 10.6. The summed E-state index contributed by atoms with van der Waals surface area (Å²) in [6.07, 6.45) is 6.02. The van der Waals surface area contributed by atoms with Gasteiger partial charge in [0.25, 0.3) is 0 Å². The van der Waals surface area contributed by atoms with E-state index in [4.69, 9.17) is 19.6 Å². The summed E-state index contributed by atoms with van der Waals surface area (Å²) in [6.45, 7) is 0. The van der Waals surface area contributed by atoms with Gasteiger partial charge in [0.2, 0.25) is 0 Å². The van der Waals surface area contributed by atoms with Crippen LogP contribution in [-0.2, 0) is 4.79 Å². The number of aromatic nitrogens is 1. The van der Waals surface area contributed by atoms with E-state index in [0.717, 1.165) is 44.3 Å². The summed E-state index contributed by atoms with van der Waals surface area (Å²) in [6, 6.07) is 15.6. The van der Waals surface area contributed by atoms with Crippen LogP contribution in [0, 0.1) is 0 Å². The molecule has 1 heterocycles. The lowest BCUT2D eigenvalue weighted by Gasteiger charge is -2.05. The number of aliphatic carboxylic acids is 1. The number of carboxylic acids is 1.